The van der Waals surface area contributed by atoms with Crippen LogP contribution in [0.5, 0.6) is 0 Å². The van der Waals surface area contributed by atoms with Crippen molar-refractivity contribution in [2.45, 2.75) is 18.7 Å². The number of hydrogen-bond acceptors (Lipinski definition) is 3. The van der Waals surface area contributed by atoms with Crippen LogP contribution in [0, 0.1) is 13.8 Å². The van der Waals surface area contributed by atoms with E-state index in [4.69, 9.17) is 0 Å². The quantitative estimate of drug-likeness (QED) is 0.770. The lowest BCUT2D eigenvalue weighted by molar-refractivity contribution is 0.601. The Morgan fingerprint density at radius 3 is 2.30 bits per heavy atom. The summed E-state index contributed by atoms with van der Waals surface area (Å²) in [7, 11) is -3.59. The van der Waals surface area contributed by atoms with E-state index in [0.717, 1.165) is 22.4 Å². The fourth-order valence-electron chi connectivity index (χ4n) is 2.23. The van der Waals surface area contributed by atoms with Crippen molar-refractivity contribution in [1.82, 2.24) is 10.2 Å². The molecule has 3 aromatic rings. The van der Waals surface area contributed by atoms with E-state index in [9.17, 15) is 8.42 Å². The molecule has 6 heteroatoms. The summed E-state index contributed by atoms with van der Waals surface area (Å²) in [4.78, 5) is 0.262. The largest absolute Gasteiger partial charge is 0.280 e. The van der Waals surface area contributed by atoms with E-state index in [1.807, 2.05) is 38.1 Å². The fourth-order valence-corrected chi connectivity index (χ4v) is 3.37. The highest BCUT2D eigenvalue weighted by Crippen LogP contribution is 2.22. The Bertz CT molecular complexity index is 915. The summed E-state index contributed by atoms with van der Waals surface area (Å²) in [6.45, 7) is 3.85. The predicted molar refractivity (Wildman–Crippen MR) is 90.7 cm³/mol. The van der Waals surface area contributed by atoms with Gasteiger partial charge in [-0.25, -0.2) is 8.42 Å². The molecule has 0 aliphatic rings. The summed E-state index contributed by atoms with van der Waals surface area (Å²) in [5, 5.41) is 6.77. The Morgan fingerprint density at radius 1 is 0.957 bits per heavy atom. The number of benzene rings is 2. The Morgan fingerprint density at radius 2 is 1.70 bits per heavy atom. The molecule has 0 radical (unpaired) electrons. The Balaban J connectivity index is 1.84. The zero-order valence-corrected chi connectivity index (χ0v) is 13.7. The van der Waals surface area contributed by atoms with Gasteiger partial charge in [0.2, 0.25) is 0 Å². The number of aromatic nitrogens is 2. The molecule has 0 aliphatic heterocycles. The van der Waals surface area contributed by atoms with Gasteiger partial charge in [-0.3, -0.25) is 9.82 Å². The minimum atomic E-state index is -3.59. The molecule has 3 rings (SSSR count). The number of aryl methyl sites for hydroxylation is 2. The fraction of sp³-hybridized carbons (Fsp3) is 0.118. The standard InChI is InChI=1S/C17H17N3O2S/c1-12-3-8-16(11-13(12)2)23(21,22)20-15-6-4-14(5-7-15)17-9-10-18-19-17/h3-11,20H,1-2H3,(H,18,19). The molecule has 0 atom stereocenters. The first-order valence-corrected chi connectivity index (χ1v) is 8.64. The van der Waals surface area contributed by atoms with Gasteiger partial charge >= 0.3 is 0 Å². The zero-order chi connectivity index (χ0) is 16.4. The molecule has 0 bridgehead atoms. The highest BCUT2D eigenvalue weighted by atomic mass is 32.2. The molecule has 23 heavy (non-hydrogen) atoms. The van der Waals surface area contributed by atoms with Crippen LogP contribution in [0.1, 0.15) is 11.1 Å². The van der Waals surface area contributed by atoms with Crippen molar-refractivity contribution < 1.29 is 8.42 Å². The van der Waals surface area contributed by atoms with Gasteiger partial charge in [-0.1, -0.05) is 18.2 Å². The van der Waals surface area contributed by atoms with E-state index in [1.165, 1.54) is 0 Å². The summed E-state index contributed by atoms with van der Waals surface area (Å²) in [6.07, 6.45) is 1.67. The normalized spacial score (nSPS) is 11.4. The Hall–Kier alpha value is -2.60. The van der Waals surface area contributed by atoms with Crippen molar-refractivity contribution in [3.05, 3.63) is 65.9 Å². The van der Waals surface area contributed by atoms with E-state index in [1.54, 1.807) is 30.5 Å². The molecule has 1 heterocycles. The summed E-state index contributed by atoms with van der Waals surface area (Å²) < 4.78 is 27.5. The third kappa shape index (κ3) is 3.27. The second-order valence-electron chi connectivity index (χ2n) is 5.40. The van der Waals surface area contributed by atoms with E-state index >= 15 is 0 Å². The molecular formula is C17H17N3O2S. The predicted octanol–water partition coefficient (Wildman–Crippen LogP) is 3.49. The lowest BCUT2D eigenvalue weighted by atomic mass is 10.1. The number of sulfonamides is 1. The number of H-pyrrole nitrogens is 1. The molecule has 0 saturated heterocycles. The lowest BCUT2D eigenvalue weighted by Crippen LogP contribution is -2.13. The summed E-state index contributed by atoms with van der Waals surface area (Å²) in [6, 6.07) is 14.1. The van der Waals surface area contributed by atoms with Gasteiger partial charge in [0, 0.05) is 11.9 Å². The Kier molecular flexibility index (Phi) is 3.92. The van der Waals surface area contributed by atoms with Crippen molar-refractivity contribution in [1.29, 1.82) is 0 Å². The van der Waals surface area contributed by atoms with Gasteiger partial charge in [-0.15, -0.1) is 0 Å². The van der Waals surface area contributed by atoms with Crippen LogP contribution in [0.25, 0.3) is 11.3 Å². The summed E-state index contributed by atoms with van der Waals surface area (Å²) in [5.41, 5.74) is 4.35. The molecule has 0 saturated carbocycles. The number of nitrogens with one attached hydrogen (secondary N) is 2. The van der Waals surface area contributed by atoms with Crippen LogP contribution in [0.3, 0.4) is 0 Å². The maximum atomic E-state index is 12.5. The second kappa shape index (κ2) is 5.89. The molecule has 5 nitrogen and oxygen atoms in total. The van der Waals surface area contributed by atoms with Gasteiger partial charge in [-0.05, 0) is 60.9 Å². The van der Waals surface area contributed by atoms with Crippen LogP contribution in [-0.4, -0.2) is 18.6 Å². The van der Waals surface area contributed by atoms with Crippen molar-refractivity contribution >= 4 is 15.7 Å². The maximum absolute atomic E-state index is 12.5. The van der Waals surface area contributed by atoms with Crippen LogP contribution in [-0.2, 0) is 10.0 Å². The van der Waals surface area contributed by atoms with Gasteiger partial charge in [0.15, 0.2) is 0 Å². The average Bonchev–Trinajstić information content (AvgIpc) is 3.04. The van der Waals surface area contributed by atoms with Crippen LogP contribution >= 0.6 is 0 Å². The van der Waals surface area contributed by atoms with Crippen molar-refractivity contribution in [2.75, 3.05) is 4.72 Å². The third-order valence-electron chi connectivity index (χ3n) is 3.74. The van der Waals surface area contributed by atoms with Crippen molar-refractivity contribution in [3.63, 3.8) is 0 Å². The van der Waals surface area contributed by atoms with E-state index < -0.39 is 10.0 Å². The molecule has 2 N–H and O–H groups in total. The van der Waals surface area contributed by atoms with E-state index in [-0.39, 0.29) is 4.90 Å². The Labute approximate surface area is 135 Å². The molecule has 118 valence electrons. The monoisotopic (exact) mass is 327 g/mol. The van der Waals surface area contributed by atoms with Gasteiger partial charge < -0.3 is 0 Å². The van der Waals surface area contributed by atoms with E-state index in [0.29, 0.717) is 5.69 Å². The smallest absolute Gasteiger partial charge is 0.261 e. The lowest BCUT2D eigenvalue weighted by Gasteiger charge is -2.10. The number of nitrogens with zero attached hydrogens (tertiary/aromatic N) is 1. The summed E-state index contributed by atoms with van der Waals surface area (Å²) in [5.74, 6) is 0. The first-order valence-electron chi connectivity index (χ1n) is 7.15. The van der Waals surface area contributed by atoms with E-state index in [2.05, 4.69) is 14.9 Å². The van der Waals surface area contributed by atoms with Crippen LogP contribution in [0.15, 0.2) is 59.6 Å². The molecule has 0 aliphatic carbocycles. The molecule has 2 aromatic carbocycles. The van der Waals surface area contributed by atoms with Crippen molar-refractivity contribution in [2.24, 2.45) is 0 Å². The zero-order valence-electron chi connectivity index (χ0n) is 12.9. The average molecular weight is 327 g/mol. The molecule has 1 aromatic heterocycles. The third-order valence-corrected chi connectivity index (χ3v) is 5.12. The number of anilines is 1. The SMILES string of the molecule is Cc1ccc(S(=O)(=O)Nc2ccc(-c3ccn[nH]3)cc2)cc1C. The molecule has 0 spiro atoms. The molecule has 0 amide bonds. The van der Waals surface area contributed by atoms with Crippen LogP contribution in [0.4, 0.5) is 5.69 Å². The maximum Gasteiger partial charge on any atom is 0.261 e. The summed E-state index contributed by atoms with van der Waals surface area (Å²) >= 11 is 0. The minimum absolute atomic E-state index is 0.262. The van der Waals surface area contributed by atoms with Gasteiger partial charge in [0.05, 0.1) is 10.6 Å². The first-order chi connectivity index (χ1) is 11.0. The van der Waals surface area contributed by atoms with Crippen LogP contribution < -0.4 is 4.72 Å². The van der Waals surface area contributed by atoms with Crippen molar-refractivity contribution in [3.8, 4) is 11.3 Å². The van der Waals surface area contributed by atoms with Crippen LogP contribution in [0.2, 0.25) is 0 Å². The highest BCUT2D eigenvalue weighted by Gasteiger charge is 2.14. The number of hydrogen-bond donors (Lipinski definition) is 2. The minimum Gasteiger partial charge on any atom is -0.280 e. The molecular weight excluding hydrogens is 310 g/mol. The second-order valence-corrected chi connectivity index (χ2v) is 7.08. The molecule has 0 unspecified atom stereocenters. The number of rotatable bonds is 4. The highest BCUT2D eigenvalue weighted by molar-refractivity contribution is 7.92. The van der Waals surface area contributed by atoms with Gasteiger partial charge in [0.1, 0.15) is 0 Å². The van der Waals surface area contributed by atoms with Gasteiger partial charge in [0.25, 0.3) is 10.0 Å². The first kappa shape index (κ1) is 15.3. The van der Waals surface area contributed by atoms with Gasteiger partial charge in [-0.2, -0.15) is 5.10 Å². The molecule has 0 fully saturated rings. The topological polar surface area (TPSA) is 74.8 Å². The number of aromatic amines is 1.